The monoisotopic (exact) mass is 274 g/mol. The van der Waals surface area contributed by atoms with Gasteiger partial charge in [-0.05, 0) is 12.7 Å². The van der Waals surface area contributed by atoms with Crippen LogP contribution < -0.4 is 0 Å². The lowest BCUT2D eigenvalue weighted by molar-refractivity contribution is -0.118. The van der Waals surface area contributed by atoms with E-state index in [0.717, 1.165) is 24.6 Å². The number of thioether (sulfide) groups is 1. The Morgan fingerprint density at radius 1 is 0.944 bits per heavy atom. The topological polar surface area (TPSA) is 37.3 Å². The van der Waals surface area contributed by atoms with Gasteiger partial charge in [0.15, 0.2) is 0 Å². The molecule has 0 aromatic carbocycles. The number of hydrogen-bond donors (Lipinski definition) is 1. The highest BCUT2D eigenvalue weighted by molar-refractivity contribution is 8.13. The van der Waals surface area contributed by atoms with Gasteiger partial charge >= 0.3 is 0 Å². The number of aliphatic hydroxyl groups is 1. The predicted octanol–water partition coefficient (Wildman–Crippen LogP) is 4.55. The Balaban J connectivity index is 3.14. The molecule has 0 aliphatic rings. The van der Waals surface area contributed by atoms with Gasteiger partial charge in [-0.2, -0.15) is 0 Å². The summed E-state index contributed by atoms with van der Waals surface area (Å²) in [4.78, 5) is 11.1. The minimum atomic E-state index is -0.742. The van der Waals surface area contributed by atoms with E-state index in [0.29, 0.717) is 6.42 Å². The van der Waals surface area contributed by atoms with Gasteiger partial charge < -0.3 is 5.11 Å². The van der Waals surface area contributed by atoms with Gasteiger partial charge in [0.2, 0.25) is 5.12 Å². The fourth-order valence-corrected chi connectivity index (χ4v) is 2.47. The van der Waals surface area contributed by atoms with Crippen molar-refractivity contribution in [2.45, 2.75) is 83.7 Å². The minimum absolute atomic E-state index is 0.0917. The Bertz CT molecular complexity index is 195. The van der Waals surface area contributed by atoms with Crippen molar-refractivity contribution < 1.29 is 9.90 Å². The first-order chi connectivity index (χ1) is 8.72. The van der Waals surface area contributed by atoms with Crippen molar-refractivity contribution in [1.29, 1.82) is 0 Å². The molecule has 0 saturated heterocycles. The Kier molecular flexibility index (Phi) is 13.4. The van der Waals surface area contributed by atoms with Crippen molar-refractivity contribution in [3.05, 3.63) is 0 Å². The molecule has 0 spiro atoms. The molecular formula is C15H30O2S. The van der Waals surface area contributed by atoms with Crippen LogP contribution >= 0.6 is 11.8 Å². The zero-order chi connectivity index (χ0) is 13.6. The van der Waals surface area contributed by atoms with E-state index in [2.05, 4.69) is 6.92 Å². The molecule has 2 nitrogen and oxygen atoms in total. The Morgan fingerprint density at radius 3 is 1.83 bits per heavy atom. The molecule has 0 saturated carbocycles. The van der Waals surface area contributed by atoms with Gasteiger partial charge in [0.25, 0.3) is 0 Å². The van der Waals surface area contributed by atoms with Crippen LogP contribution in [0.5, 0.6) is 0 Å². The summed E-state index contributed by atoms with van der Waals surface area (Å²) >= 11 is 1.13. The first-order valence-corrected chi connectivity index (χ1v) is 8.70. The van der Waals surface area contributed by atoms with Crippen molar-refractivity contribution in [2.24, 2.45) is 0 Å². The number of carbonyl (C=O) groups excluding carboxylic acids is 1. The lowest BCUT2D eigenvalue weighted by Gasteiger charge is -2.07. The van der Waals surface area contributed by atoms with Gasteiger partial charge in [0, 0.05) is 0 Å². The van der Waals surface area contributed by atoms with Gasteiger partial charge in [-0.1, -0.05) is 82.9 Å². The van der Waals surface area contributed by atoms with Crippen LogP contribution in [0.2, 0.25) is 0 Å². The summed E-state index contributed by atoms with van der Waals surface area (Å²) in [6.45, 7) is 2.25. The van der Waals surface area contributed by atoms with E-state index in [-0.39, 0.29) is 5.12 Å². The summed E-state index contributed by atoms with van der Waals surface area (Å²) in [6, 6.07) is 0. The van der Waals surface area contributed by atoms with E-state index in [4.69, 9.17) is 0 Å². The standard InChI is InChI=1S/C15H30O2S/c1-3-4-5-6-7-8-9-10-11-12-13-14(16)15(17)18-2/h14,16H,3-13H2,1-2H3/t14-/m0/s1. The van der Waals surface area contributed by atoms with E-state index >= 15 is 0 Å². The molecule has 0 heterocycles. The van der Waals surface area contributed by atoms with Gasteiger partial charge in [0.1, 0.15) is 6.10 Å². The summed E-state index contributed by atoms with van der Waals surface area (Å²) in [7, 11) is 0. The molecule has 0 aromatic heterocycles. The van der Waals surface area contributed by atoms with Crippen LogP contribution in [-0.4, -0.2) is 22.6 Å². The summed E-state index contributed by atoms with van der Waals surface area (Å²) in [6.07, 6.45) is 14.5. The maximum atomic E-state index is 11.1. The SMILES string of the molecule is CCCCCCCCCCCC[C@H](O)C(=O)SC. The second-order valence-corrected chi connectivity index (χ2v) is 5.82. The van der Waals surface area contributed by atoms with Gasteiger partial charge in [-0.25, -0.2) is 0 Å². The van der Waals surface area contributed by atoms with Crippen LogP contribution in [0, 0.1) is 0 Å². The smallest absolute Gasteiger partial charge is 0.217 e. The van der Waals surface area contributed by atoms with Gasteiger partial charge in [-0.3, -0.25) is 4.79 Å². The van der Waals surface area contributed by atoms with Crippen molar-refractivity contribution in [3.8, 4) is 0 Å². The minimum Gasteiger partial charge on any atom is -0.384 e. The summed E-state index contributed by atoms with van der Waals surface area (Å²) in [5, 5.41) is 9.38. The molecule has 0 rings (SSSR count). The average molecular weight is 274 g/mol. The zero-order valence-corrected chi connectivity index (χ0v) is 12.9. The molecule has 18 heavy (non-hydrogen) atoms. The summed E-state index contributed by atoms with van der Waals surface area (Å²) < 4.78 is 0. The van der Waals surface area contributed by atoms with E-state index < -0.39 is 6.10 Å². The van der Waals surface area contributed by atoms with E-state index in [1.165, 1.54) is 51.4 Å². The third kappa shape index (κ3) is 11.1. The van der Waals surface area contributed by atoms with Crippen LogP contribution in [0.15, 0.2) is 0 Å². The molecule has 0 unspecified atom stereocenters. The second kappa shape index (κ2) is 13.4. The maximum absolute atomic E-state index is 11.1. The summed E-state index contributed by atoms with van der Waals surface area (Å²) in [5.41, 5.74) is 0. The molecule has 0 aliphatic heterocycles. The zero-order valence-electron chi connectivity index (χ0n) is 12.1. The van der Waals surface area contributed by atoms with Crippen molar-refractivity contribution in [1.82, 2.24) is 0 Å². The molecular weight excluding hydrogens is 244 g/mol. The number of carbonyl (C=O) groups is 1. The van der Waals surface area contributed by atoms with Crippen molar-refractivity contribution in [3.63, 3.8) is 0 Å². The van der Waals surface area contributed by atoms with E-state index in [1.54, 1.807) is 6.26 Å². The molecule has 1 atom stereocenters. The van der Waals surface area contributed by atoms with Crippen LogP contribution in [-0.2, 0) is 4.79 Å². The Labute approximate surface area is 117 Å². The van der Waals surface area contributed by atoms with Gasteiger partial charge in [0.05, 0.1) is 0 Å². The third-order valence-electron chi connectivity index (χ3n) is 3.30. The largest absolute Gasteiger partial charge is 0.384 e. The van der Waals surface area contributed by atoms with Crippen LogP contribution in [0.25, 0.3) is 0 Å². The Morgan fingerprint density at radius 2 is 1.39 bits per heavy atom. The van der Waals surface area contributed by atoms with Crippen LogP contribution in [0.4, 0.5) is 0 Å². The number of hydrogen-bond acceptors (Lipinski definition) is 3. The fourth-order valence-electron chi connectivity index (χ4n) is 2.08. The molecule has 0 amide bonds. The molecule has 3 heteroatoms. The first kappa shape index (κ1) is 18.0. The average Bonchev–Trinajstić information content (AvgIpc) is 2.39. The maximum Gasteiger partial charge on any atom is 0.217 e. The molecule has 0 bridgehead atoms. The normalized spacial score (nSPS) is 12.6. The molecule has 0 fully saturated rings. The molecule has 0 aliphatic carbocycles. The molecule has 0 radical (unpaired) electrons. The number of unbranched alkanes of at least 4 members (excludes halogenated alkanes) is 9. The van der Waals surface area contributed by atoms with Gasteiger partial charge in [-0.15, -0.1) is 0 Å². The van der Waals surface area contributed by atoms with Crippen LogP contribution in [0.1, 0.15) is 77.6 Å². The lowest BCUT2D eigenvalue weighted by atomic mass is 10.0. The fraction of sp³-hybridized carbons (Fsp3) is 0.933. The Hall–Kier alpha value is -0.0200. The quantitative estimate of drug-likeness (QED) is 0.531. The van der Waals surface area contributed by atoms with Crippen molar-refractivity contribution in [2.75, 3.05) is 6.26 Å². The molecule has 0 aromatic rings. The molecule has 1 N–H and O–H groups in total. The highest BCUT2D eigenvalue weighted by atomic mass is 32.2. The predicted molar refractivity (Wildman–Crippen MR) is 81.0 cm³/mol. The van der Waals surface area contributed by atoms with E-state index in [1.807, 2.05) is 0 Å². The summed E-state index contributed by atoms with van der Waals surface area (Å²) in [5.74, 6) is 0. The number of aliphatic hydroxyl groups excluding tert-OH is 1. The van der Waals surface area contributed by atoms with Crippen LogP contribution in [0.3, 0.4) is 0 Å². The first-order valence-electron chi connectivity index (χ1n) is 7.48. The molecule has 108 valence electrons. The number of rotatable bonds is 12. The lowest BCUT2D eigenvalue weighted by Crippen LogP contribution is -2.16. The van der Waals surface area contributed by atoms with Crippen molar-refractivity contribution >= 4 is 16.9 Å². The third-order valence-corrected chi connectivity index (χ3v) is 3.98. The van der Waals surface area contributed by atoms with E-state index in [9.17, 15) is 9.90 Å². The highest BCUT2D eigenvalue weighted by Crippen LogP contribution is 2.13. The second-order valence-electron chi connectivity index (χ2n) is 5.01. The highest BCUT2D eigenvalue weighted by Gasteiger charge is 2.12.